The summed E-state index contributed by atoms with van der Waals surface area (Å²) in [6.07, 6.45) is 3.13. The molecular formula is C11H14N4O3. The second kappa shape index (κ2) is 4.18. The molecule has 0 radical (unpaired) electrons. The Kier molecular flexibility index (Phi) is 2.64. The van der Waals surface area contributed by atoms with Crippen molar-refractivity contribution in [2.45, 2.75) is 38.2 Å². The molecule has 1 aliphatic heterocycles. The Morgan fingerprint density at radius 3 is 3.17 bits per heavy atom. The first-order valence-corrected chi connectivity index (χ1v) is 5.94. The predicted molar refractivity (Wildman–Crippen MR) is 63.0 cm³/mol. The van der Waals surface area contributed by atoms with Gasteiger partial charge < -0.3 is 14.8 Å². The summed E-state index contributed by atoms with van der Waals surface area (Å²) in [5.41, 5.74) is 0.493. The predicted octanol–water partition coefficient (Wildman–Crippen LogP) is 0.178. The number of aliphatic hydroxyl groups excluding tert-OH is 1. The zero-order valence-corrected chi connectivity index (χ0v) is 9.91. The Bertz CT molecular complexity index is 620. The number of H-pyrrole nitrogens is 1. The van der Waals surface area contributed by atoms with Crippen molar-refractivity contribution in [3.05, 3.63) is 23.0 Å². The van der Waals surface area contributed by atoms with E-state index in [-0.39, 0.29) is 23.4 Å². The molecule has 3 heterocycles. The number of ether oxygens (including phenoxy) is 1. The van der Waals surface area contributed by atoms with Gasteiger partial charge in [0.1, 0.15) is 6.23 Å². The fourth-order valence-corrected chi connectivity index (χ4v) is 2.33. The van der Waals surface area contributed by atoms with E-state index >= 15 is 0 Å². The zero-order chi connectivity index (χ0) is 12.7. The quantitative estimate of drug-likeness (QED) is 0.793. The van der Waals surface area contributed by atoms with Crippen LogP contribution in [0.3, 0.4) is 0 Å². The molecule has 2 aromatic heterocycles. The molecule has 0 aliphatic carbocycles. The van der Waals surface area contributed by atoms with Gasteiger partial charge >= 0.3 is 0 Å². The maximum atomic E-state index is 11.5. The fraction of sp³-hybridized carbons (Fsp3) is 0.545. The molecule has 7 nitrogen and oxygen atoms in total. The van der Waals surface area contributed by atoms with Gasteiger partial charge in [0.05, 0.1) is 24.9 Å². The lowest BCUT2D eigenvalue weighted by atomic mass is 10.1. The van der Waals surface area contributed by atoms with E-state index in [9.17, 15) is 9.90 Å². The highest BCUT2D eigenvalue weighted by Gasteiger charge is 2.34. The highest BCUT2D eigenvalue weighted by atomic mass is 16.5. The molecule has 1 saturated heterocycles. The standard InChI is InChI=1S/C11H14N4O3/c1-2-7-6(16)3-8(18-7)15-5-14-9-10(15)12-4-13-11(9)17/h4-8,16H,2-3H2,1H3,(H,12,13,17)/t6?,7-,8-/m0/s1. The average Bonchev–Trinajstić information content (AvgIpc) is 2.93. The lowest BCUT2D eigenvalue weighted by molar-refractivity contribution is -0.0183. The van der Waals surface area contributed by atoms with Crippen LogP contribution >= 0.6 is 0 Å². The van der Waals surface area contributed by atoms with Crippen LogP contribution in [0.15, 0.2) is 17.4 Å². The first-order chi connectivity index (χ1) is 8.70. The molecule has 0 spiro atoms. The van der Waals surface area contributed by atoms with E-state index < -0.39 is 6.10 Å². The molecule has 1 fully saturated rings. The van der Waals surface area contributed by atoms with Gasteiger partial charge in [0.15, 0.2) is 11.2 Å². The molecule has 7 heteroatoms. The summed E-state index contributed by atoms with van der Waals surface area (Å²) in [6, 6.07) is 0. The summed E-state index contributed by atoms with van der Waals surface area (Å²) in [5, 5.41) is 9.84. The Balaban J connectivity index is 2.01. The summed E-state index contributed by atoms with van der Waals surface area (Å²) in [7, 11) is 0. The second-order valence-electron chi connectivity index (χ2n) is 4.40. The van der Waals surface area contributed by atoms with E-state index in [4.69, 9.17) is 4.74 Å². The first kappa shape index (κ1) is 11.4. The smallest absolute Gasteiger partial charge is 0.278 e. The van der Waals surface area contributed by atoms with Gasteiger partial charge in [-0.05, 0) is 6.42 Å². The van der Waals surface area contributed by atoms with Gasteiger partial charge in [0, 0.05) is 6.42 Å². The van der Waals surface area contributed by atoms with Gasteiger partial charge in [-0.1, -0.05) is 6.92 Å². The van der Waals surface area contributed by atoms with Crippen molar-refractivity contribution < 1.29 is 9.84 Å². The second-order valence-corrected chi connectivity index (χ2v) is 4.40. The zero-order valence-electron chi connectivity index (χ0n) is 9.91. The van der Waals surface area contributed by atoms with Gasteiger partial charge in [-0.25, -0.2) is 9.97 Å². The van der Waals surface area contributed by atoms with Crippen LogP contribution in [-0.2, 0) is 4.74 Å². The van der Waals surface area contributed by atoms with Crippen LogP contribution in [0.1, 0.15) is 26.0 Å². The van der Waals surface area contributed by atoms with Crippen molar-refractivity contribution in [2.75, 3.05) is 0 Å². The van der Waals surface area contributed by atoms with E-state index in [0.29, 0.717) is 12.1 Å². The van der Waals surface area contributed by atoms with E-state index in [1.165, 1.54) is 12.7 Å². The molecule has 0 amide bonds. The summed E-state index contributed by atoms with van der Waals surface area (Å²) in [5.74, 6) is 0. The molecule has 18 heavy (non-hydrogen) atoms. The fourth-order valence-electron chi connectivity index (χ4n) is 2.33. The maximum Gasteiger partial charge on any atom is 0.278 e. The number of aromatic nitrogens is 4. The Morgan fingerprint density at radius 2 is 2.44 bits per heavy atom. The van der Waals surface area contributed by atoms with Gasteiger partial charge in [-0.2, -0.15) is 0 Å². The lowest BCUT2D eigenvalue weighted by Gasteiger charge is -2.13. The molecule has 0 aromatic carbocycles. The number of rotatable bonds is 2. The topological polar surface area (TPSA) is 93.0 Å². The molecule has 2 N–H and O–H groups in total. The minimum absolute atomic E-state index is 0.172. The van der Waals surface area contributed by atoms with Crippen molar-refractivity contribution >= 4 is 11.2 Å². The molecule has 0 bridgehead atoms. The molecule has 3 rings (SSSR count). The average molecular weight is 250 g/mol. The van der Waals surface area contributed by atoms with Crippen LogP contribution in [-0.4, -0.2) is 36.8 Å². The van der Waals surface area contributed by atoms with Crippen molar-refractivity contribution in [1.82, 2.24) is 19.5 Å². The van der Waals surface area contributed by atoms with Gasteiger partial charge in [0.25, 0.3) is 5.56 Å². The normalized spacial score (nSPS) is 28.0. The third kappa shape index (κ3) is 1.63. The molecule has 3 atom stereocenters. The number of hydrogen-bond acceptors (Lipinski definition) is 5. The molecule has 2 aromatic rings. The third-order valence-electron chi connectivity index (χ3n) is 3.28. The minimum atomic E-state index is -0.487. The lowest BCUT2D eigenvalue weighted by Crippen LogP contribution is -2.19. The molecule has 1 unspecified atom stereocenters. The number of nitrogens with one attached hydrogen (secondary N) is 1. The number of fused-ring (bicyclic) bond motifs is 1. The van der Waals surface area contributed by atoms with E-state index in [1.54, 1.807) is 4.57 Å². The largest absolute Gasteiger partial charge is 0.390 e. The summed E-state index contributed by atoms with van der Waals surface area (Å²) < 4.78 is 7.43. The number of imidazole rings is 1. The highest BCUT2D eigenvalue weighted by Crippen LogP contribution is 2.31. The van der Waals surface area contributed by atoms with E-state index in [1.807, 2.05) is 6.92 Å². The summed E-state index contributed by atoms with van der Waals surface area (Å²) >= 11 is 0. The number of hydrogen-bond donors (Lipinski definition) is 2. The van der Waals surface area contributed by atoms with Gasteiger partial charge in [-0.15, -0.1) is 0 Å². The van der Waals surface area contributed by atoms with Crippen molar-refractivity contribution in [1.29, 1.82) is 0 Å². The molecular weight excluding hydrogens is 236 g/mol. The van der Waals surface area contributed by atoms with Crippen molar-refractivity contribution in [3.63, 3.8) is 0 Å². The Hall–Kier alpha value is -1.73. The monoisotopic (exact) mass is 250 g/mol. The number of nitrogens with zero attached hydrogens (tertiary/aromatic N) is 3. The van der Waals surface area contributed by atoms with Crippen molar-refractivity contribution in [2.24, 2.45) is 0 Å². The number of aromatic amines is 1. The van der Waals surface area contributed by atoms with Crippen LogP contribution in [0.5, 0.6) is 0 Å². The van der Waals surface area contributed by atoms with Crippen LogP contribution < -0.4 is 5.56 Å². The molecule has 96 valence electrons. The SMILES string of the molecule is CC[C@@H]1O[C@H](n2cnc3c(=O)[nH]cnc32)CC1O. The number of aliphatic hydroxyl groups is 1. The van der Waals surface area contributed by atoms with Crippen LogP contribution in [0.2, 0.25) is 0 Å². The first-order valence-electron chi connectivity index (χ1n) is 5.94. The van der Waals surface area contributed by atoms with Crippen molar-refractivity contribution in [3.8, 4) is 0 Å². The Morgan fingerprint density at radius 1 is 1.61 bits per heavy atom. The minimum Gasteiger partial charge on any atom is -0.390 e. The maximum absolute atomic E-state index is 11.5. The summed E-state index contributed by atoms with van der Waals surface area (Å²) in [6.45, 7) is 1.96. The van der Waals surface area contributed by atoms with Crippen LogP contribution in [0, 0.1) is 0 Å². The molecule has 0 saturated carbocycles. The third-order valence-corrected chi connectivity index (χ3v) is 3.28. The van der Waals surface area contributed by atoms with Crippen LogP contribution in [0.25, 0.3) is 11.2 Å². The van der Waals surface area contributed by atoms with Crippen LogP contribution in [0.4, 0.5) is 0 Å². The highest BCUT2D eigenvalue weighted by molar-refractivity contribution is 5.68. The van der Waals surface area contributed by atoms with E-state index in [2.05, 4.69) is 15.0 Å². The van der Waals surface area contributed by atoms with Gasteiger partial charge in [0.2, 0.25) is 0 Å². The van der Waals surface area contributed by atoms with Gasteiger partial charge in [-0.3, -0.25) is 9.36 Å². The Labute approximate surface area is 102 Å². The molecule has 1 aliphatic rings. The summed E-state index contributed by atoms with van der Waals surface area (Å²) in [4.78, 5) is 22.1. The van der Waals surface area contributed by atoms with E-state index in [0.717, 1.165) is 6.42 Å².